The largest absolute Gasteiger partial charge is 0.532 e. The summed E-state index contributed by atoms with van der Waals surface area (Å²) in [6.45, 7) is -0.339. The van der Waals surface area contributed by atoms with E-state index in [4.69, 9.17) is 25.1 Å². The summed E-state index contributed by atoms with van der Waals surface area (Å²) in [6, 6.07) is 13.1. The van der Waals surface area contributed by atoms with Gasteiger partial charge in [0.15, 0.2) is 0 Å². The molecule has 0 aliphatic carbocycles. The smallest absolute Gasteiger partial charge is 0.405 e. The van der Waals surface area contributed by atoms with E-state index in [1.54, 1.807) is 0 Å². The minimum Gasteiger partial charge on any atom is -0.405 e. The minimum absolute atomic E-state index is 0.0413. The van der Waals surface area contributed by atoms with E-state index in [2.05, 4.69) is 5.48 Å². The minimum atomic E-state index is -4.34. The van der Waals surface area contributed by atoms with Crippen molar-refractivity contribution < 1.29 is 28.2 Å². The van der Waals surface area contributed by atoms with Gasteiger partial charge in [-0.05, 0) is 30.0 Å². The molecule has 0 aliphatic rings. The highest BCUT2D eigenvalue weighted by Gasteiger charge is 2.33. The zero-order valence-electron chi connectivity index (χ0n) is 16.4. The van der Waals surface area contributed by atoms with Gasteiger partial charge in [-0.1, -0.05) is 44.2 Å². The van der Waals surface area contributed by atoms with Gasteiger partial charge in [-0.25, -0.2) is 9.36 Å². The number of nitrogens with one attached hydrogen (secondary N) is 1. The number of non-ortho nitro benzene ring substituents is 1. The molecule has 162 valence electrons. The molecule has 9 nitrogen and oxygen atoms in total. The number of hydrogen-bond donors (Lipinski definition) is 1. The average molecular weight is 457 g/mol. The molecule has 2 rings (SSSR count). The van der Waals surface area contributed by atoms with Crippen LogP contribution in [0, 0.1) is 16.0 Å². The van der Waals surface area contributed by atoms with Crippen LogP contribution >= 0.6 is 18.2 Å². The maximum atomic E-state index is 12.5. The first kappa shape index (κ1) is 23.8. The van der Waals surface area contributed by atoms with Gasteiger partial charge in [-0.15, -0.1) is 0 Å². The van der Waals surface area contributed by atoms with Gasteiger partial charge in [0.25, 0.3) is 5.69 Å². The third-order valence-electron chi connectivity index (χ3n) is 3.76. The summed E-state index contributed by atoms with van der Waals surface area (Å²) in [5.41, 5.74) is 3.34. The van der Waals surface area contributed by atoms with Gasteiger partial charge < -0.3 is 9.05 Å². The predicted molar refractivity (Wildman–Crippen MR) is 111 cm³/mol. The maximum absolute atomic E-state index is 12.5. The number of hydroxylamine groups is 1. The molecule has 0 saturated carbocycles. The molecule has 30 heavy (non-hydrogen) atoms. The molecule has 0 saturated heterocycles. The molecule has 0 radical (unpaired) electrons. The Hall–Kier alpha value is -2.45. The van der Waals surface area contributed by atoms with Crippen molar-refractivity contribution in [3.63, 3.8) is 0 Å². The lowest BCUT2D eigenvalue weighted by atomic mass is 10.1. The molecule has 2 atom stereocenters. The third kappa shape index (κ3) is 8.12. The molecule has 2 aromatic carbocycles. The molecule has 2 aromatic rings. The maximum Gasteiger partial charge on any atom is 0.532 e. The fourth-order valence-corrected chi connectivity index (χ4v) is 3.60. The van der Waals surface area contributed by atoms with Crippen LogP contribution < -0.4 is 10.0 Å². The topological polar surface area (TPSA) is 117 Å². The van der Waals surface area contributed by atoms with Crippen LogP contribution in [0.2, 0.25) is 0 Å². The number of halogens is 1. The van der Waals surface area contributed by atoms with Gasteiger partial charge >= 0.3 is 12.9 Å². The van der Waals surface area contributed by atoms with E-state index in [1.807, 2.05) is 44.2 Å². The van der Waals surface area contributed by atoms with Crippen molar-refractivity contribution in [3.8, 4) is 5.75 Å². The van der Waals surface area contributed by atoms with Gasteiger partial charge in [-0.3, -0.25) is 15.0 Å². The van der Waals surface area contributed by atoms with Crippen LogP contribution in [-0.2, 0) is 25.3 Å². The Morgan fingerprint density at radius 1 is 1.17 bits per heavy atom. The number of hydrogen-bond acceptors (Lipinski definition) is 8. The van der Waals surface area contributed by atoms with Crippen LogP contribution in [0.4, 0.5) is 5.69 Å². The molecule has 0 bridgehead atoms. The number of rotatable bonds is 11. The van der Waals surface area contributed by atoms with Crippen molar-refractivity contribution >= 4 is 29.8 Å². The summed E-state index contributed by atoms with van der Waals surface area (Å²) in [6.07, 6.45) is 0.335. The molecular formula is C19H22ClN2O7P. The number of carbonyl (C=O) groups is 1. The quantitative estimate of drug-likeness (QED) is 0.285. The monoisotopic (exact) mass is 456 g/mol. The standard InChI is InChI=1S/C19H22ClN2O7P/c1-14(2)12-18(21-27-13-15-6-4-3-5-7-15)19(23)29-30(20,26)28-17-10-8-16(9-11-17)22(24)25/h3-11,14,18,21H,12-13H2,1-2H3/t18-,30?/m0/s1. The summed E-state index contributed by atoms with van der Waals surface area (Å²) < 4.78 is 22.3. The molecule has 0 aromatic heterocycles. The van der Waals surface area contributed by atoms with Gasteiger partial charge in [-0.2, -0.15) is 5.48 Å². The highest BCUT2D eigenvalue weighted by molar-refractivity contribution is 7.82. The van der Waals surface area contributed by atoms with E-state index in [9.17, 15) is 19.5 Å². The Morgan fingerprint density at radius 3 is 2.37 bits per heavy atom. The highest BCUT2D eigenvalue weighted by Crippen LogP contribution is 2.53. The van der Waals surface area contributed by atoms with Crippen molar-refractivity contribution in [1.82, 2.24) is 5.48 Å². The van der Waals surface area contributed by atoms with E-state index in [0.29, 0.717) is 6.42 Å². The van der Waals surface area contributed by atoms with Gasteiger partial charge in [0.1, 0.15) is 11.8 Å². The first-order valence-corrected chi connectivity index (χ1v) is 11.5. The summed E-state index contributed by atoms with van der Waals surface area (Å²) in [7, 11) is 0. The Kier molecular flexibility index (Phi) is 8.80. The van der Waals surface area contributed by atoms with E-state index in [-0.39, 0.29) is 24.0 Å². The normalized spacial score (nSPS) is 14.0. The Labute approximate surface area is 178 Å². The van der Waals surface area contributed by atoms with Gasteiger partial charge in [0, 0.05) is 23.4 Å². The lowest BCUT2D eigenvalue weighted by molar-refractivity contribution is -0.384. The second-order valence-corrected chi connectivity index (χ2v) is 9.23. The van der Waals surface area contributed by atoms with Gasteiger partial charge in [0.05, 0.1) is 11.5 Å². The Balaban J connectivity index is 1.96. The Morgan fingerprint density at radius 2 is 1.80 bits per heavy atom. The zero-order valence-corrected chi connectivity index (χ0v) is 18.0. The molecular weight excluding hydrogens is 435 g/mol. The Bertz CT molecular complexity index is 894. The highest BCUT2D eigenvalue weighted by atomic mass is 35.7. The van der Waals surface area contributed by atoms with Crippen molar-refractivity contribution in [1.29, 1.82) is 0 Å². The fraction of sp³-hybridized carbons (Fsp3) is 0.316. The zero-order chi connectivity index (χ0) is 22.1. The third-order valence-corrected chi connectivity index (χ3v) is 5.00. The SMILES string of the molecule is CC(C)C[C@H](NOCc1ccccc1)C(=O)OP(=O)(Cl)Oc1ccc([N+](=O)[O-])cc1. The molecule has 0 aliphatic heterocycles. The molecule has 0 fully saturated rings. The van der Waals surface area contributed by atoms with E-state index >= 15 is 0 Å². The molecule has 0 spiro atoms. The summed E-state index contributed by atoms with van der Waals surface area (Å²) in [5.74, 6) is -0.849. The summed E-state index contributed by atoms with van der Waals surface area (Å²) >= 11 is 5.77. The summed E-state index contributed by atoms with van der Waals surface area (Å²) in [4.78, 5) is 27.9. The average Bonchev–Trinajstić information content (AvgIpc) is 2.67. The first-order chi connectivity index (χ1) is 14.2. The number of nitro groups is 1. The van der Waals surface area contributed by atoms with Crippen LogP contribution in [0.1, 0.15) is 25.8 Å². The molecule has 0 amide bonds. The number of nitrogens with zero attached hydrogens (tertiary/aromatic N) is 1. The second kappa shape index (κ2) is 11.1. The van der Waals surface area contributed by atoms with E-state index in [1.165, 1.54) is 12.1 Å². The number of benzene rings is 2. The van der Waals surface area contributed by atoms with Crippen LogP contribution in [0.25, 0.3) is 0 Å². The lowest BCUT2D eigenvalue weighted by Gasteiger charge is -2.20. The molecule has 0 heterocycles. The molecule has 1 unspecified atom stereocenters. The molecule has 11 heteroatoms. The number of carbonyl (C=O) groups excluding carboxylic acids is 1. The van der Waals surface area contributed by atoms with E-state index < -0.39 is 23.9 Å². The molecule has 1 N–H and O–H groups in total. The fourth-order valence-electron chi connectivity index (χ4n) is 2.41. The van der Waals surface area contributed by atoms with Crippen molar-refractivity contribution in [2.24, 2.45) is 5.92 Å². The van der Waals surface area contributed by atoms with Crippen LogP contribution in [0.15, 0.2) is 54.6 Å². The number of nitro benzene ring substituents is 1. The first-order valence-electron chi connectivity index (χ1n) is 9.04. The van der Waals surface area contributed by atoms with Crippen LogP contribution in [-0.4, -0.2) is 16.9 Å². The second-order valence-electron chi connectivity index (χ2n) is 6.76. The van der Waals surface area contributed by atoms with Crippen LogP contribution in [0.3, 0.4) is 0 Å². The van der Waals surface area contributed by atoms with Crippen molar-refractivity contribution in [2.45, 2.75) is 32.9 Å². The van der Waals surface area contributed by atoms with Crippen molar-refractivity contribution in [2.75, 3.05) is 0 Å². The van der Waals surface area contributed by atoms with Crippen molar-refractivity contribution in [3.05, 3.63) is 70.3 Å². The summed E-state index contributed by atoms with van der Waals surface area (Å²) in [5, 5.41) is 10.7. The van der Waals surface area contributed by atoms with Gasteiger partial charge in [0.2, 0.25) is 0 Å². The predicted octanol–water partition coefficient (Wildman–Crippen LogP) is 5.00. The van der Waals surface area contributed by atoms with Crippen LogP contribution in [0.5, 0.6) is 5.75 Å². The lowest BCUT2D eigenvalue weighted by Crippen LogP contribution is -2.38. The van der Waals surface area contributed by atoms with E-state index in [0.717, 1.165) is 17.7 Å².